The molecule has 138 valence electrons. The molecular weight excluding hydrogens is 340 g/mol. The highest BCUT2D eigenvalue weighted by Crippen LogP contribution is 2.27. The van der Waals surface area contributed by atoms with E-state index in [1.54, 1.807) is 20.3 Å². The van der Waals surface area contributed by atoms with Crippen LogP contribution in [0.3, 0.4) is 0 Å². The molecule has 0 aliphatic carbocycles. The van der Waals surface area contributed by atoms with Gasteiger partial charge in [0.2, 0.25) is 0 Å². The first-order chi connectivity index (χ1) is 12.5. The number of pyridine rings is 1. The zero-order valence-corrected chi connectivity index (χ0v) is 14.5. The van der Waals surface area contributed by atoms with E-state index in [1.165, 1.54) is 18.3 Å². The van der Waals surface area contributed by atoms with Crippen LogP contribution < -0.4 is 20.3 Å². The highest BCUT2D eigenvalue weighted by Gasteiger charge is 2.13. The first-order valence-electron chi connectivity index (χ1n) is 7.87. The number of amides is 1. The van der Waals surface area contributed by atoms with Gasteiger partial charge in [-0.05, 0) is 36.2 Å². The van der Waals surface area contributed by atoms with Gasteiger partial charge in [0.15, 0.2) is 18.1 Å². The molecule has 0 radical (unpaired) electrons. The minimum atomic E-state index is -0.845. The quantitative estimate of drug-likeness (QED) is 0.678. The molecule has 8 heteroatoms. The highest BCUT2D eigenvalue weighted by atomic mass is 16.5. The van der Waals surface area contributed by atoms with Crippen molar-refractivity contribution in [3.05, 3.63) is 58.0 Å². The van der Waals surface area contributed by atoms with E-state index in [0.29, 0.717) is 24.5 Å². The fourth-order valence-corrected chi connectivity index (χ4v) is 2.22. The second-order valence-electron chi connectivity index (χ2n) is 5.28. The van der Waals surface area contributed by atoms with Crippen molar-refractivity contribution in [3.8, 4) is 11.5 Å². The van der Waals surface area contributed by atoms with Crippen LogP contribution >= 0.6 is 0 Å². The van der Waals surface area contributed by atoms with Crippen molar-refractivity contribution in [3.63, 3.8) is 0 Å². The molecule has 1 amide bonds. The largest absolute Gasteiger partial charge is 0.493 e. The molecular formula is C18H20N2O6. The van der Waals surface area contributed by atoms with Crippen LogP contribution in [0.4, 0.5) is 0 Å². The molecule has 0 saturated heterocycles. The summed E-state index contributed by atoms with van der Waals surface area (Å²) in [6.45, 7) is -0.100. The zero-order valence-electron chi connectivity index (χ0n) is 14.5. The molecule has 0 unspecified atom stereocenters. The van der Waals surface area contributed by atoms with E-state index in [-0.39, 0.29) is 5.56 Å². The van der Waals surface area contributed by atoms with Gasteiger partial charge in [0.25, 0.3) is 11.5 Å². The first kappa shape index (κ1) is 19.0. The predicted molar refractivity (Wildman–Crippen MR) is 93.6 cm³/mol. The number of carbonyl (C=O) groups excluding carboxylic acids is 2. The molecule has 2 aromatic rings. The van der Waals surface area contributed by atoms with Crippen molar-refractivity contribution in [2.45, 2.75) is 6.42 Å². The van der Waals surface area contributed by atoms with Gasteiger partial charge >= 0.3 is 5.97 Å². The molecule has 0 fully saturated rings. The summed E-state index contributed by atoms with van der Waals surface area (Å²) in [6.07, 6.45) is 1.97. The molecule has 2 N–H and O–H groups in total. The topological polar surface area (TPSA) is 107 Å². The van der Waals surface area contributed by atoms with Gasteiger partial charge in [-0.2, -0.15) is 0 Å². The van der Waals surface area contributed by atoms with Crippen LogP contribution in [-0.4, -0.2) is 44.2 Å². The van der Waals surface area contributed by atoms with Gasteiger partial charge in [-0.15, -0.1) is 0 Å². The molecule has 1 aromatic heterocycles. The number of benzene rings is 1. The average molecular weight is 360 g/mol. The Morgan fingerprint density at radius 2 is 1.88 bits per heavy atom. The summed E-state index contributed by atoms with van der Waals surface area (Å²) < 4.78 is 15.2. The van der Waals surface area contributed by atoms with Crippen LogP contribution in [0.5, 0.6) is 11.5 Å². The van der Waals surface area contributed by atoms with Crippen LogP contribution in [0.25, 0.3) is 0 Å². The molecule has 0 aliphatic heterocycles. The normalized spacial score (nSPS) is 10.1. The minimum Gasteiger partial charge on any atom is -0.493 e. The summed E-state index contributed by atoms with van der Waals surface area (Å²) in [7, 11) is 3.11. The lowest BCUT2D eigenvalue weighted by Crippen LogP contribution is -2.31. The van der Waals surface area contributed by atoms with E-state index in [2.05, 4.69) is 10.3 Å². The van der Waals surface area contributed by atoms with Crippen LogP contribution in [0.2, 0.25) is 0 Å². The molecule has 0 bridgehead atoms. The van der Waals surface area contributed by atoms with Gasteiger partial charge in [-0.25, -0.2) is 4.79 Å². The number of carbonyl (C=O) groups is 2. The number of hydrogen-bond donors (Lipinski definition) is 2. The number of nitrogens with one attached hydrogen (secondary N) is 2. The fourth-order valence-electron chi connectivity index (χ4n) is 2.22. The van der Waals surface area contributed by atoms with E-state index >= 15 is 0 Å². The number of rotatable bonds is 8. The smallest absolute Gasteiger partial charge is 0.344 e. The number of ether oxygens (including phenoxy) is 3. The fraction of sp³-hybridized carbons (Fsp3) is 0.278. The number of H-pyrrole nitrogens is 1. The SMILES string of the molecule is COc1ccc(CCNC(=O)COC(=O)c2ccc[nH]c2=O)cc1OC. The molecule has 26 heavy (non-hydrogen) atoms. The second-order valence-corrected chi connectivity index (χ2v) is 5.28. The molecule has 8 nitrogen and oxygen atoms in total. The van der Waals surface area contributed by atoms with Crippen molar-refractivity contribution in [2.24, 2.45) is 0 Å². The van der Waals surface area contributed by atoms with Gasteiger partial charge in [0.05, 0.1) is 14.2 Å². The van der Waals surface area contributed by atoms with Crippen LogP contribution in [0.1, 0.15) is 15.9 Å². The number of methoxy groups -OCH3 is 2. The summed E-state index contributed by atoms with van der Waals surface area (Å²) in [4.78, 5) is 37.3. The minimum absolute atomic E-state index is 0.148. The Labute approximate surface area is 150 Å². The standard InChI is InChI=1S/C18H20N2O6/c1-24-14-6-5-12(10-15(14)25-2)7-9-19-16(21)11-26-18(23)13-4-3-8-20-17(13)22/h3-6,8,10H,7,9,11H2,1-2H3,(H,19,21)(H,20,22). The van der Waals surface area contributed by atoms with Crippen LogP contribution in [0.15, 0.2) is 41.3 Å². The molecule has 0 saturated carbocycles. The van der Waals surface area contributed by atoms with Crippen LogP contribution in [0, 0.1) is 0 Å². The molecule has 1 aromatic carbocycles. The number of hydrogen-bond acceptors (Lipinski definition) is 6. The Bertz CT molecular complexity index is 830. The summed E-state index contributed by atoms with van der Waals surface area (Å²) >= 11 is 0. The van der Waals surface area contributed by atoms with Crippen molar-refractivity contribution >= 4 is 11.9 Å². The lowest BCUT2D eigenvalue weighted by atomic mass is 10.1. The lowest BCUT2D eigenvalue weighted by molar-refractivity contribution is -0.124. The van der Waals surface area contributed by atoms with E-state index in [0.717, 1.165) is 5.56 Å². The van der Waals surface area contributed by atoms with Crippen molar-refractivity contribution < 1.29 is 23.8 Å². The van der Waals surface area contributed by atoms with Crippen molar-refractivity contribution in [1.82, 2.24) is 10.3 Å². The summed E-state index contributed by atoms with van der Waals surface area (Å²) in [5.41, 5.74) is 0.243. The Morgan fingerprint density at radius 3 is 2.58 bits per heavy atom. The molecule has 1 heterocycles. The number of aromatic amines is 1. The van der Waals surface area contributed by atoms with Gasteiger partial charge in [-0.3, -0.25) is 9.59 Å². The third-order valence-electron chi connectivity index (χ3n) is 3.56. The Morgan fingerprint density at radius 1 is 1.12 bits per heavy atom. The van der Waals surface area contributed by atoms with Gasteiger partial charge in [-0.1, -0.05) is 6.07 Å². The van der Waals surface area contributed by atoms with Gasteiger partial charge < -0.3 is 24.5 Å². The summed E-state index contributed by atoms with van der Waals surface area (Å²) in [5, 5.41) is 2.64. The van der Waals surface area contributed by atoms with Crippen molar-refractivity contribution in [1.29, 1.82) is 0 Å². The Hall–Kier alpha value is -3.29. The van der Waals surface area contributed by atoms with E-state index < -0.39 is 24.0 Å². The summed E-state index contributed by atoms with van der Waals surface area (Å²) in [6, 6.07) is 8.31. The average Bonchev–Trinajstić information content (AvgIpc) is 2.66. The maximum atomic E-state index is 11.8. The predicted octanol–water partition coefficient (Wildman–Crippen LogP) is 0.908. The number of aromatic nitrogens is 1. The second kappa shape index (κ2) is 9.26. The Kier molecular flexibility index (Phi) is 6.78. The molecule has 2 rings (SSSR count). The Balaban J connectivity index is 1.78. The van der Waals surface area contributed by atoms with Gasteiger partial charge in [0, 0.05) is 12.7 Å². The summed E-state index contributed by atoms with van der Waals surface area (Å²) in [5.74, 6) is -0.0606. The van der Waals surface area contributed by atoms with Crippen LogP contribution in [-0.2, 0) is 16.0 Å². The van der Waals surface area contributed by atoms with E-state index in [9.17, 15) is 14.4 Å². The first-order valence-corrected chi connectivity index (χ1v) is 7.87. The van der Waals surface area contributed by atoms with E-state index in [4.69, 9.17) is 14.2 Å². The third kappa shape index (κ3) is 5.10. The maximum Gasteiger partial charge on any atom is 0.344 e. The molecule has 0 aliphatic rings. The van der Waals surface area contributed by atoms with E-state index in [1.807, 2.05) is 12.1 Å². The monoisotopic (exact) mass is 360 g/mol. The zero-order chi connectivity index (χ0) is 18.9. The lowest BCUT2D eigenvalue weighted by Gasteiger charge is -2.10. The number of esters is 1. The molecule has 0 spiro atoms. The van der Waals surface area contributed by atoms with Crippen molar-refractivity contribution in [2.75, 3.05) is 27.4 Å². The third-order valence-corrected chi connectivity index (χ3v) is 3.56. The highest BCUT2D eigenvalue weighted by molar-refractivity contribution is 5.90. The maximum absolute atomic E-state index is 11.8. The van der Waals surface area contributed by atoms with Gasteiger partial charge in [0.1, 0.15) is 5.56 Å². The molecule has 0 atom stereocenters.